The fourth-order valence-electron chi connectivity index (χ4n) is 3.23. The molecular weight excluding hydrogens is 280 g/mol. The van der Waals surface area contributed by atoms with Gasteiger partial charge in [0, 0.05) is 25.4 Å². The molecule has 1 aliphatic carbocycles. The summed E-state index contributed by atoms with van der Waals surface area (Å²) in [5.41, 5.74) is 8.04. The molecule has 7 heteroatoms. The summed E-state index contributed by atoms with van der Waals surface area (Å²) in [7, 11) is 0. The SMILES string of the molecule is NCc1nn2c(c1C(=O)Nc1ccn(C3CCC3)n1)CCC2. The van der Waals surface area contributed by atoms with E-state index in [0.29, 0.717) is 23.1 Å². The van der Waals surface area contributed by atoms with Crippen molar-refractivity contribution in [2.45, 2.75) is 51.2 Å². The van der Waals surface area contributed by atoms with Gasteiger partial charge in [0.25, 0.3) is 5.91 Å². The van der Waals surface area contributed by atoms with Crippen LogP contribution >= 0.6 is 0 Å². The summed E-state index contributed by atoms with van der Waals surface area (Å²) >= 11 is 0. The van der Waals surface area contributed by atoms with E-state index in [0.717, 1.165) is 25.1 Å². The van der Waals surface area contributed by atoms with E-state index in [9.17, 15) is 4.79 Å². The highest BCUT2D eigenvalue weighted by molar-refractivity contribution is 6.05. The predicted molar refractivity (Wildman–Crippen MR) is 81.5 cm³/mol. The van der Waals surface area contributed by atoms with Crippen molar-refractivity contribution in [2.75, 3.05) is 5.32 Å². The molecule has 0 bridgehead atoms. The Morgan fingerprint density at radius 2 is 2.23 bits per heavy atom. The molecule has 1 aliphatic heterocycles. The number of aromatic nitrogens is 4. The number of carbonyl (C=O) groups excluding carboxylic acids is 1. The summed E-state index contributed by atoms with van der Waals surface area (Å²) in [5, 5.41) is 11.8. The van der Waals surface area contributed by atoms with E-state index in [1.54, 1.807) is 0 Å². The molecule has 0 radical (unpaired) electrons. The minimum absolute atomic E-state index is 0.151. The first-order valence-corrected chi connectivity index (χ1v) is 7.91. The van der Waals surface area contributed by atoms with Crippen LogP contribution in [0.5, 0.6) is 0 Å². The number of nitrogens with zero attached hydrogens (tertiary/aromatic N) is 4. The average molecular weight is 300 g/mol. The van der Waals surface area contributed by atoms with Crippen molar-refractivity contribution >= 4 is 11.7 Å². The Kier molecular flexibility index (Phi) is 3.22. The van der Waals surface area contributed by atoms with Gasteiger partial charge < -0.3 is 11.1 Å². The summed E-state index contributed by atoms with van der Waals surface area (Å²) in [6.07, 6.45) is 7.45. The van der Waals surface area contributed by atoms with Crippen LogP contribution in [0.2, 0.25) is 0 Å². The maximum absolute atomic E-state index is 12.6. The minimum atomic E-state index is -0.151. The molecule has 116 valence electrons. The number of aryl methyl sites for hydroxylation is 1. The number of nitrogens with one attached hydrogen (secondary N) is 1. The number of fused-ring (bicyclic) bond motifs is 1. The standard InChI is InChI=1S/C15H20N6O/c16-9-11-14(12-5-2-7-21(12)18-11)15(22)17-13-6-8-20(19-13)10-3-1-4-10/h6,8,10H,1-5,7,9,16H2,(H,17,19,22). The van der Waals surface area contributed by atoms with Crippen LogP contribution in [0.1, 0.15) is 53.5 Å². The molecule has 1 fully saturated rings. The molecule has 0 unspecified atom stereocenters. The van der Waals surface area contributed by atoms with Gasteiger partial charge in [-0.15, -0.1) is 0 Å². The van der Waals surface area contributed by atoms with Crippen molar-refractivity contribution in [3.63, 3.8) is 0 Å². The van der Waals surface area contributed by atoms with E-state index >= 15 is 0 Å². The number of carbonyl (C=O) groups is 1. The monoisotopic (exact) mass is 300 g/mol. The topological polar surface area (TPSA) is 90.8 Å². The van der Waals surface area contributed by atoms with Crippen molar-refractivity contribution in [1.82, 2.24) is 19.6 Å². The van der Waals surface area contributed by atoms with Crippen molar-refractivity contribution in [3.05, 3.63) is 29.2 Å². The third-order valence-corrected chi connectivity index (χ3v) is 4.63. The zero-order chi connectivity index (χ0) is 15.1. The van der Waals surface area contributed by atoms with Gasteiger partial charge in [0.1, 0.15) is 0 Å². The summed E-state index contributed by atoms with van der Waals surface area (Å²) < 4.78 is 3.86. The van der Waals surface area contributed by atoms with Crippen LogP contribution in [-0.2, 0) is 19.5 Å². The predicted octanol–water partition coefficient (Wildman–Crippen LogP) is 1.46. The van der Waals surface area contributed by atoms with E-state index in [-0.39, 0.29) is 12.5 Å². The molecule has 7 nitrogen and oxygen atoms in total. The molecule has 0 atom stereocenters. The molecule has 4 rings (SSSR count). The van der Waals surface area contributed by atoms with Gasteiger partial charge >= 0.3 is 0 Å². The van der Waals surface area contributed by atoms with Crippen LogP contribution < -0.4 is 11.1 Å². The third kappa shape index (κ3) is 2.12. The second-order valence-corrected chi connectivity index (χ2v) is 6.02. The van der Waals surface area contributed by atoms with E-state index in [1.807, 2.05) is 21.6 Å². The van der Waals surface area contributed by atoms with Gasteiger partial charge in [-0.2, -0.15) is 10.2 Å². The van der Waals surface area contributed by atoms with E-state index in [2.05, 4.69) is 15.5 Å². The van der Waals surface area contributed by atoms with E-state index in [4.69, 9.17) is 5.73 Å². The Labute approximate surface area is 128 Å². The summed E-state index contributed by atoms with van der Waals surface area (Å²) in [5.74, 6) is 0.445. The second kappa shape index (κ2) is 5.24. The molecule has 2 aromatic heterocycles. The van der Waals surface area contributed by atoms with Gasteiger partial charge in [-0.05, 0) is 32.1 Å². The Morgan fingerprint density at radius 3 is 2.95 bits per heavy atom. The highest BCUT2D eigenvalue weighted by Gasteiger charge is 2.26. The lowest BCUT2D eigenvalue weighted by molar-refractivity contribution is 0.102. The van der Waals surface area contributed by atoms with Crippen LogP contribution in [0.25, 0.3) is 0 Å². The number of rotatable bonds is 4. The van der Waals surface area contributed by atoms with Crippen molar-refractivity contribution in [1.29, 1.82) is 0 Å². The normalized spacial score (nSPS) is 17.3. The van der Waals surface area contributed by atoms with Crippen LogP contribution in [0.15, 0.2) is 12.3 Å². The molecule has 2 aliphatic rings. The maximum Gasteiger partial charge on any atom is 0.260 e. The molecule has 22 heavy (non-hydrogen) atoms. The zero-order valence-corrected chi connectivity index (χ0v) is 12.5. The van der Waals surface area contributed by atoms with Gasteiger partial charge in [0.2, 0.25) is 0 Å². The smallest absolute Gasteiger partial charge is 0.260 e. The van der Waals surface area contributed by atoms with Crippen molar-refractivity contribution < 1.29 is 4.79 Å². The Morgan fingerprint density at radius 1 is 1.36 bits per heavy atom. The minimum Gasteiger partial charge on any atom is -0.325 e. The molecule has 3 heterocycles. The third-order valence-electron chi connectivity index (χ3n) is 4.63. The lowest BCUT2D eigenvalue weighted by Gasteiger charge is -2.25. The summed E-state index contributed by atoms with van der Waals surface area (Å²) in [6.45, 7) is 1.14. The lowest BCUT2D eigenvalue weighted by atomic mass is 9.93. The molecule has 2 aromatic rings. The Hall–Kier alpha value is -2.15. The Balaban J connectivity index is 1.56. The number of amides is 1. The van der Waals surface area contributed by atoms with Gasteiger partial charge in [-0.1, -0.05) is 0 Å². The second-order valence-electron chi connectivity index (χ2n) is 6.02. The summed E-state index contributed by atoms with van der Waals surface area (Å²) in [4.78, 5) is 12.6. The van der Waals surface area contributed by atoms with Crippen LogP contribution in [0.3, 0.4) is 0 Å². The first kappa shape index (κ1) is 13.5. The van der Waals surface area contributed by atoms with Gasteiger partial charge in [0.15, 0.2) is 5.82 Å². The number of hydrogen-bond donors (Lipinski definition) is 2. The molecular formula is C15H20N6O. The number of nitrogens with two attached hydrogens (primary N) is 1. The molecule has 0 spiro atoms. The number of anilines is 1. The molecule has 1 saturated carbocycles. The van der Waals surface area contributed by atoms with Crippen molar-refractivity contribution in [2.24, 2.45) is 5.73 Å². The highest BCUT2D eigenvalue weighted by atomic mass is 16.1. The van der Waals surface area contributed by atoms with Crippen molar-refractivity contribution in [3.8, 4) is 0 Å². The molecule has 0 saturated heterocycles. The molecule has 0 aromatic carbocycles. The van der Waals surface area contributed by atoms with Gasteiger partial charge in [0.05, 0.1) is 23.0 Å². The lowest BCUT2D eigenvalue weighted by Crippen LogP contribution is -2.19. The molecule has 3 N–H and O–H groups in total. The van der Waals surface area contributed by atoms with Crippen LogP contribution in [-0.4, -0.2) is 25.5 Å². The zero-order valence-electron chi connectivity index (χ0n) is 12.5. The fourth-order valence-corrected chi connectivity index (χ4v) is 3.23. The largest absolute Gasteiger partial charge is 0.325 e. The highest BCUT2D eigenvalue weighted by Crippen LogP contribution is 2.31. The molecule has 1 amide bonds. The average Bonchev–Trinajstić information content (AvgIpc) is 3.11. The van der Waals surface area contributed by atoms with Gasteiger partial charge in [-0.3, -0.25) is 14.2 Å². The maximum atomic E-state index is 12.6. The van der Waals surface area contributed by atoms with Crippen LogP contribution in [0.4, 0.5) is 5.82 Å². The first-order chi connectivity index (χ1) is 10.8. The van der Waals surface area contributed by atoms with Crippen LogP contribution in [0, 0.1) is 0 Å². The van der Waals surface area contributed by atoms with E-state index in [1.165, 1.54) is 19.3 Å². The fraction of sp³-hybridized carbons (Fsp3) is 0.533. The quantitative estimate of drug-likeness (QED) is 0.894. The van der Waals surface area contributed by atoms with E-state index < -0.39 is 0 Å². The number of hydrogen-bond acceptors (Lipinski definition) is 4. The van der Waals surface area contributed by atoms with Gasteiger partial charge in [-0.25, -0.2) is 0 Å². The first-order valence-electron chi connectivity index (χ1n) is 7.91. The Bertz CT molecular complexity index is 712. The summed E-state index contributed by atoms with van der Waals surface area (Å²) in [6, 6.07) is 2.34.